The lowest BCUT2D eigenvalue weighted by Crippen LogP contribution is -2.63. The second kappa shape index (κ2) is 15.2. The molecular formula is C35H46O7Si. The number of hydrogen-bond acceptors (Lipinski definition) is 7. The summed E-state index contributed by atoms with van der Waals surface area (Å²) in [5.41, 5.74) is 2.99. The van der Waals surface area contributed by atoms with Crippen LogP contribution in [0.2, 0.25) is 18.1 Å². The number of methoxy groups -OCH3 is 1. The van der Waals surface area contributed by atoms with Crippen molar-refractivity contribution in [3.05, 3.63) is 108 Å². The third-order valence-electron chi connectivity index (χ3n) is 8.34. The van der Waals surface area contributed by atoms with Crippen LogP contribution in [-0.2, 0) is 52.7 Å². The molecule has 0 aromatic heterocycles. The van der Waals surface area contributed by atoms with Gasteiger partial charge >= 0.3 is 5.97 Å². The maximum Gasteiger partial charge on any atom is 0.337 e. The smallest absolute Gasteiger partial charge is 0.337 e. The van der Waals surface area contributed by atoms with Crippen LogP contribution in [0.15, 0.2) is 91.0 Å². The van der Waals surface area contributed by atoms with Gasteiger partial charge in [-0.15, -0.1) is 0 Å². The summed E-state index contributed by atoms with van der Waals surface area (Å²) in [6.45, 7) is 12.1. The Hall–Kier alpha value is -2.85. The first kappa shape index (κ1) is 33.0. The van der Waals surface area contributed by atoms with E-state index in [0.717, 1.165) is 16.7 Å². The average Bonchev–Trinajstić information content (AvgIpc) is 3.01. The highest BCUT2D eigenvalue weighted by atomic mass is 28.4. The van der Waals surface area contributed by atoms with Gasteiger partial charge in [0, 0.05) is 0 Å². The quantitative estimate of drug-likeness (QED) is 0.158. The Morgan fingerprint density at radius 1 is 0.698 bits per heavy atom. The van der Waals surface area contributed by atoms with E-state index in [1.54, 1.807) is 0 Å². The minimum absolute atomic E-state index is 0.00560. The largest absolute Gasteiger partial charge is 0.467 e. The van der Waals surface area contributed by atoms with Gasteiger partial charge < -0.3 is 28.1 Å². The van der Waals surface area contributed by atoms with Gasteiger partial charge in [-0.1, -0.05) is 112 Å². The van der Waals surface area contributed by atoms with Crippen LogP contribution >= 0.6 is 0 Å². The molecule has 7 nitrogen and oxygen atoms in total. The van der Waals surface area contributed by atoms with Gasteiger partial charge in [0.05, 0.1) is 33.5 Å². The SMILES string of the molecule is COC(=O)C1O[C@H](CO[Si](C)(C)C(C)(C)C)[C@@H](OCc2ccccc2)[C@H](OCc2ccccc2)[C@H]1OCc1ccccc1. The number of carbonyl (C=O) groups excluding carboxylic acids is 1. The standard InChI is InChI=1S/C35H46O7Si/c1-35(2,3)43(5,6)41-25-29-30(38-22-26-16-10-7-11-17-26)31(39-23-27-18-12-8-13-19-27)32(33(42-29)34(36)37-4)40-24-28-20-14-9-15-21-28/h7-21,29-33H,22-25H2,1-6H3/t29-,30-,31+,32-,33?/m1/s1. The second-order valence-corrected chi connectivity index (χ2v) is 17.3. The Kier molecular flexibility index (Phi) is 11.7. The first-order chi connectivity index (χ1) is 20.6. The molecule has 0 spiro atoms. The van der Waals surface area contributed by atoms with E-state index in [0.29, 0.717) is 13.2 Å². The van der Waals surface area contributed by atoms with Crippen molar-refractivity contribution < 1.29 is 32.9 Å². The zero-order chi connectivity index (χ0) is 30.9. The highest BCUT2D eigenvalue weighted by Gasteiger charge is 2.52. The van der Waals surface area contributed by atoms with Crippen molar-refractivity contribution in [1.29, 1.82) is 0 Å². The molecule has 3 aromatic carbocycles. The maximum atomic E-state index is 13.2. The zero-order valence-electron chi connectivity index (χ0n) is 26.2. The van der Waals surface area contributed by atoms with E-state index in [2.05, 4.69) is 33.9 Å². The minimum atomic E-state index is -2.16. The van der Waals surface area contributed by atoms with E-state index in [-0.39, 0.29) is 18.3 Å². The molecule has 0 N–H and O–H groups in total. The number of esters is 1. The van der Waals surface area contributed by atoms with Crippen LogP contribution < -0.4 is 0 Å². The summed E-state index contributed by atoms with van der Waals surface area (Å²) in [5, 5.41) is -0.00560. The molecule has 5 atom stereocenters. The van der Waals surface area contributed by atoms with E-state index >= 15 is 0 Å². The first-order valence-corrected chi connectivity index (χ1v) is 17.8. The normalized spacial score (nSPS) is 22.7. The Balaban J connectivity index is 1.69. The highest BCUT2D eigenvalue weighted by Crippen LogP contribution is 2.38. The highest BCUT2D eigenvalue weighted by molar-refractivity contribution is 6.74. The number of carbonyl (C=O) groups is 1. The lowest BCUT2D eigenvalue weighted by atomic mass is 9.94. The molecule has 1 heterocycles. The molecule has 1 aliphatic heterocycles. The second-order valence-electron chi connectivity index (χ2n) is 12.5. The van der Waals surface area contributed by atoms with Gasteiger partial charge in [-0.3, -0.25) is 0 Å². The van der Waals surface area contributed by atoms with Crippen LogP contribution in [0, 0.1) is 0 Å². The van der Waals surface area contributed by atoms with Gasteiger partial charge in [0.25, 0.3) is 0 Å². The Labute approximate surface area is 257 Å². The Morgan fingerprint density at radius 2 is 1.12 bits per heavy atom. The predicted molar refractivity (Wildman–Crippen MR) is 169 cm³/mol. The van der Waals surface area contributed by atoms with Crippen molar-refractivity contribution in [3.63, 3.8) is 0 Å². The van der Waals surface area contributed by atoms with Crippen molar-refractivity contribution in [2.75, 3.05) is 13.7 Å². The number of ether oxygens (including phenoxy) is 5. The van der Waals surface area contributed by atoms with Crippen molar-refractivity contribution in [3.8, 4) is 0 Å². The van der Waals surface area contributed by atoms with Gasteiger partial charge in [0.2, 0.25) is 0 Å². The van der Waals surface area contributed by atoms with Crippen molar-refractivity contribution in [2.24, 2.45) is 0 Å². The predicted octanol–water partition coefficient (Wildman–Crippen LogP) is 6.70. The van der Waals surface area contributed by atoms with E-state index in [1.165, 1.54) is 7.11 Å². The summed E-state index contributed by atoms with van der Waals surface area (Å²) >= 11 is 0. The zero-order valence-corrected chi connectivity index (χ0v) is 27.2. The average molecular weight is 607 g/mol. The molecule has 232 valence electrons. The fourth-order valence-electron chi connectivity index (χ4n) is 4.74. The summed E-state index contributed by atoms with van der Waals surface area (Å²) in [6, 6.07) is 29.7. The molecule has 0 aliphatic carbocycles. The van der Waals surface area contributed by atoms with E-state index in [9.17, 15) is 4.79 Å². The minimum Gasteiger partial charge on any atom is -0.467 e. The molecule has 1 fully saturated rings. The molecule has 1 unspecified atom stereocenters. The third-order valence-corrected chi connectivity index (χ3v) is 12.8. The molecule has 0 saturated carbocycles. The fraction of sp³-hybridized carbons (Fsp3) is 0.457. The lowest BCUT2D eigenvalue weighted by molar-refractivity contribution is -0.269. The number of hydrogen-bond donors (Lipinski definition) is 0. The maximum absolute atomic E-state index is 13.2. The molecule has 3 aromatic rings. The van der Waals surface area contributed by atoms with Gasteiger partial charge in [-0.25, -0.2) is 4.79 Å². The van der Waals surface area contributed by atoms with Crippen LogP contribution in [0.3, 0.4) is 0 Å². The topological polar surface area (TPSA) is 72.5 Å². The molecule has 1 aliphatic rings. The van der Waals surface area contributed by atoms with E-state index in [1.807, 2.05) is 91.0 Å². The lowest BCUT2D eigenvalue weighted by Gasteiger charge is -2.46. The number of rotatable bonds is 13. The summed E-state index contributed by atoms with van der Waals surface area (Å²) in [7, 11) is -0.796. The monoisotopic (exact) mass is 606 g/mol. The number of benzene rings is 3. The summed E-state index contributed by atoms with van der Waals surface area (Å²) < 4.78 is 38.1. The van der Waals surface area contributed by atoms with Crippen molar-refractivity contribution >= 4 is 14.3 Å². The van der Waals surface area contributed by atoms with Crippen molar-refractivity contribution in [1.82, 2.24) is 0 Å². The van der Waals surface area contributed by atoms with Crippen LogP contribution in [0.1, 0.15) is 37.5 Å². The Morgan fingerprint density at radius 3 is 1.53 bits per heavy atom. The summed E-state index contributed by atoms with van der Waals surface area (Å²) in [6.07, 6.45) is -3.66. The first-order valence-electron chi connectivity index (χ1n) is 14.9. The Bertz CT molecular complexity index is 1250. The van der Waals surface area contributed by atoms with Crippen LogP contribution in [0.5, 0.6) is 0 Å². The van der Waals surface area contributed by atoms with Gasteiger partial charge in [0.15, 0.2) is 14.4 Å². The van der Waals surface area contributed by atoms with E-state index < -0.39 is 44.8 Å². The fourth-order valence-corrected chi connectivity index (χ4v) is 5.75. The molecule has 8 heteroatoms. The molecule has 1 saturated heterocycles. The van der Waals surface area contributed by atoms with E-state index in [4.69, 9.17) is 28.1 Å². The molecular weight excluding hydrogens is 560 g/mol. The molecule has 43 heavy (non-hydrogen) atoms. The summed E-state index contributed by atoms with van der Waals surface area (Å²) in [5.74, 6) is -0.523. The third kappa shape index (κ3) is 9.08. The van der Waals surface area contributed by atoms with Gasteiger partial charge in [0.1, 0.15) is 24.4 Å². The van der Waals surface area contributed by atoms with Crippen LogP contribution in [0.4, 0.5) is 0 Å². The van der Waals surface area contributed by atoms with Gasteiger partial charge in [-0.05, 0) is 34.8 Å². The van der Waals surface area contributed by atoms with Crippen LogP contribution in [0.25, 0.3) is 0 Å². The molecule has 4 rings (SSSR count). The summed E-state index contributed by atoms with van der Waals surface area (Å²) in [4.78, 5) is 13.2. The van der Waals surface area contributed by atoms with Crippen LogP contribution in [-0.4, -0.2) is 58.5 Å². The van der Waals surface area contributed by atoms with Crippen molar-refractivity contribution in [2.45, 2.75) is 89.2 Å². The molecule has 0 radical (unpaired) electrons. The molecule has 0 bridgehead atoms. The molecule has 0 amide bonds. The van der Waals surface area contributed by atoms with Gasteiger partial charge in [-0.2, -0.15) is 0 Å².